The van der Waals surface area contributed by atoms with Gasteiger partial charge in [0.2, 0.25) is 5.60 Å². The largest absolute Gasteiger partial charge is 0.495 e. The molecule has 12 heteroatoms. The summed E-state index contributed by atoms with van der Waals surface area (Å²) in [5.74, 6) is -0.910. The van der Waals surface area contributed by atoms with Gasteiger partial charge in [0, 0.05) is 22.7 Å². The maximum atomic E-state index is 14.5. The monoisotopic (exact) mass is 560 g/mol. The number of hydrogen-bond acceptors (Lipinski definition) is 7. The second kappa shape index (κ2) is 9.93. The molecule has 2 atom stereocenters. The molecular weight excluding hydrogens is 532 g/mol. The van der Waals surface area contributed by atoms with E-state index in [9.17, 15) is 27.5 Å². The summed E-state index contributed by atoms with van der Waals surface area (Å²) in [5, 5.41) is 16.5. The summed E-state index contributed by atoms with van der Waals surface area (Å²) in [6, 6.07) is 10.7. The number of halogens is 4. The van der Waals surface area contributed by atoms with Crippen LogP contribution in [0, 0.1) is 5.82 Å². The number of benzene rings is 2. The van der Waals surface area contributed by atoms with Gasteiger partial charge >= 0.3 is 6.18 Å². The van der Waals surface area contributed by atoms with Crippen LogP contribution in [0.2, 0.25) is 0 Å². The second-order valence-electron chi connectivity index (χ2n) is 10.3. The lowest BCUT2D eigenvalue weighted by Gasteiger charge is -2.31. The smallest absolute Gasteiger partial charge is 0.424 e. The van der Waals surface area contributed by atoms with E-state index in [-0.39, 0.29) is 34.7 Å². The average Bonchev–Trinajstić information content (AvgIpc) is 3.68. The molecule has 8 nitrogen and oxygen atoms in total. The van der Waals surface area contributed by atoms with Gasteiger partial charge in [-0.25, -0.2) is 9.37 Å². The first-order valence-corrected chi connectivity index (χ1v) is 12.6. The molecule has 2 heterocycles. The molecule has 0 bridgehead atoms. The van der Waals surface area contributed by atoms with Crippen LogP contribution in [-0.2, 0) is 11.1 Å². The van der Waals surface area contributed by atoms with Crippen molar-refractivity contribution in [1.82, 2.24) is 10.3 Å². The fourth-order valence-corrected chi connectivity index (χ4v) is 4.46. The van der Waals surface area contributed by atoms with Gasteiger partial charge in [0.25, 0.3) is 5.91 Å². The Morgan fingerprint density at radius 2 is 1.90 bits per heavy atom. The van der Waals surface area contributed by atoms with Gasteiger partial charge in [0.15, 0.2) is 5.75 Å². The van der Waals surface area contributed by atoms with Crippen molar-refractivity contribution < 1.29 is 36.9 Å². The number of nitrogens with two attached hydrogens (primary N) is 1. The molecule has 5 N–H and O–H groups in total. The Hall–Kier alpha value is -3.90. The lowest BCUT2D eigenvalue weighted by molar-refractivity contribution is -0.265. The van der Waals surface area contributed by atoms with Crippen LogP contribution in [0.4, 0.5) is 23.2 Å². The fraction of sp³-hybridized carbons (Fsp3) is 0.357. The van der Waals surface area contributed by atoms with Crippen LogP contribution in [0.1, 0.15) is 41.4 Å². The molecular formula is C28H28F4N4O4. The van der Waals surface area contributed by atoms with E-state index in [2.05, 4.69) is 15.6 Å². The number of alkyl halides is 3. The topological polar surface area (TPSA) is 119 Å². The van der Waals surface area contributed by atoms with E-state index >= 15 is 0 Å². The van der Waals surface area contributed by atoms with Crippen LogP contribution in [-0.4, -0.2) is 48.5 Å². The van der Waals surface area contributed by atoms with E-state index in [1.165, 1.54) is 31.4 Å². The van der Waals surface area contributed by atoms with Gasteiger partial charge < -0.3 is 30.9 Å². The molecule has 5 rings (SSSR count). The molecule has 2 aromatic carbocycles. The Kier molecular flexibility index (Phi) is 6.87. The SMILES string of the molecule is COc1cc(C(=O)NCC(O)(c2cc3c(c(-c4ccc(F)cc4)n2)OCC3(C)N)C(F)(F)F)ccc1NC1CC1. The van der Waals surface area contributed by atoms with Gasteiger partial charge in [-0.1, -0.05) is 0 Å². The first-order chi connectivity index (χ1) is 18.8. The van der Waals surface area contributed by atoms with Gasteiger partial charge in [0.05, 0.1) is 30.6 Å². The van der Waals surface area contributed by atoms with Gasteiger partial charge in [-0.2, -0.15) is 13.2 Å². The molecule has 3 aromatic rings. The number of hydrogen-bond donors (Lipinski definition) is 4. The first kappa shape index (κ1) is 27.7. The van der Waals surface area contributed by atoms with Crippen molar-refractivity contribution in [3.8, 4) is 22.8 Å². The molecule has 1 saturated carbocycles. The van der Waals surface area contributed by atoms with E-state index < -0.39 is 41.3 Å². The number of pyridine rings is 1. The lowest BCUT2D eigenvalue weighted by atomic mass is 9.89. The summed E-state index contributed by atoms with van der Waals surface area (Å²) in [7, 11) is 1.42. The summed E-state index contributed by atoms with van der Waals surface area (Å²) in [4.78, 5) is 17.0. The van der Waals surface area contributed by atoms with Crippen LogP contribution in [0.5, 0.6) is 11.5 Å². The van der Waals surface area contributed by atoms with E-state index in [1.54, 1.807) is 13.0 Å². The minimum absolute atomic E-state index is 0.0413. The third-order valence-electron chi connectivity index (χ3n) is 7.02. The molecule has 40 heavy (non-hydrogen) atoms. The number of carbonyl (C=O) groups excluding carboxylic acids is 1. The summed E-state index contributed by atoms with van der Waals surface area (Å²) in [6.07, 6.45) is -3.23. The van der Waals surface area contributed by atoms with Gasteiger partial charge in [-0.15, -0.1) is 0 Å². The van der Waals surface area contributed by atoms with Crippen molar-refractivity contribution >= 4 is 11.6 Å². The number of carbonyl (C=O) groups is 1. The second-order valence-corrected chi connectivity index (χ2v) is 10.3. The molecule has 0 saturated heterocycles. The van der Waals surface area contributed by atoms with Crippen molar-refractivity contribution in [2.24, 2.45) is 5.73 Å². The normalized spacial score (nSPS) is 19.8. The molecule has 2 unspecified atom stereocenters. The van der Waals surface area contributed by atoms with Gasteiger partial charge in [-0.05, 0) is 68.3 Å². The number of amides is 1. The van der Waals surface area contributed by atoms with E-state index in [0.717, 1.165) is 31.0 Å². The summed E-state index contributed by atoms with van der Waals surface area (Å²) in [6.45, 7) is 0.285. The highest BCUT2D eigenvalue weighted by Crippen LogP contribution is 2.46. The molecule has 212 valence electrons. The molecule has 0 spiro atoms. The van der Waals surface area contributed by atoms with Crippen molar-refractivity contribution in [2.45, 2.75) is 43.1 Å². The number of aliphatic hydroxyl groups is 1. The number of nitrogens with zero attached hydrogens (tertiary/aromatic N) is 1. The molecule has 1 aliphatic carbocycles. The maximum absolute atomic E-state index is 14.5. The Morgan fingerprint density at radius 1 is 1.20 bits per heavy atom. The van der Waals surface area contributed by atoms with Crippen molar-refractivity contribution in [3.05, 3.63) is 71.2 Å². The van der Waals surface area contributed by atoms with Crippen LogP contribution >= 0.6 is 0 Å². The Balaban J connectivity index is 1.49. The highest BCUT2D eigenvalue weighted by Gasteiger charge is 2.57. The zero-order valence-corrected chi connectivity index (χ0v) is 21.7. The number of rotatable bonds is 8. The van der Waals surface area contributed by atoms with E-state index in [0.29, 0.717) is 17.5 Å². The number of aromatic nitrogens is 1. The Morgan fingerprint density at radius 3 is 2.52 bits per heavy atom. The first-order valence-electron chi connectivity index (χ1n) is 12.6. The molecule has 1 fully saturated rings. The highest BCUT2D eigenvalue weighted by molar-refractivity contribution is 5.95. The third kappa shape index (κ3) is 5.16. The van der Waals surface area contributed by atoms with E-state index in [4.69, 9.17) is 15.2 Å². The predicted octanol–water partition coefficient (Wildman–Crippen LogP) is 4.22. The number of methoxy groups -OCH3 is 1. The predicted molar refractivity (Wildman–Crippen MR) is 139 cm³/mol. The Labute approximate surface area is 227 Å². The molecule has 0 radical (unpaired) electrons. The standard InChI is InChI=1S/C28H28F4N4O4/c1-26(33)14-40-24-19(26)12-22(36-23(24)15-3-6-17(29)7-4-15)27(38,28(30,31)32)13-34-25(37)16-5-10-20(21(11-16)39-2)35-18-8-9-18/h3-7,10-12,18,35,38H,8-9,13-14,33H2,1-2H3,(H,34,37). The maximum Gasteiger partial charge on any atom is 0.424 e. The molecule has 1 amide bonds. The van der Waals surface area contributed by atoms with Crippen molar-refractivity contribution in [1.29, 1.82) is 0 Å². The zero-order chi connectivity index (χ0) is 28.9. The van der Waals surface area contributed by atoms with Crippen LogP contribution in [0.3, 0.4) is 0 Å². The summed E-state index contributed by atoms with van der Waals surface area (Å²) >= 11 is 0. The molecule has 1 aliphatic heterocycles. The number of fused-ring (bicyclic) bond motifs is 1. The van der Waals surface area contributed by atoms with Crippen LogP contribution in [0.25, 0.3) is 11.3 Å². The van der Waals surface area contributed by atoms with Gasteiger partial charge in [-0.3, -0.25) is 4.79 Å². The molecule has 2 aliphatic rings. The van der Waals surface area contributed by atoms with Crippen LogP contribution < -0.4 is 25.8 Å². The number of nitrogens with one attached hydrogen (secondary N) is 2. The zero-order valence-electron chi connectivity index (χ0n) is 21.7. The summed E-state index contributed by atoms with van der Waals surface area (Å²) < 4.78 is 68.0. The lowest BCUT2D eigenvalue weighted by Crippen LogP contribution is -2.51. The summed E-state index contributed by atoms with van der Waals surface area (Å²) in [5.41, 5.74) is 1.83. The van der Waals surface area contributed by atoms with Crippen molar-refractivity contribution in [3.63, 3.8) is 0 Å². The fourth-order valence-electron chi connectivity index (χ4n) is 4.46. The quantitative estimate of drug-likeness (QED) is 0.305. The average molecular weight is 561 g/mol. The Bertz CT molecular complexity index is 1440. The van der Waals surface area contributed by atoms with Gasteiger partial charge in [0.1, 0.15) is 23.9 Å². The highest BCUT2D eigenvalue weighted by atomic mass is 19.4. The van der Waals surface area contributed by atoms with Crippen LogP contribution in [0.15, 0.2) is 48.5 Å². The third-order valence-corrected chi connectivity index (χ3v) is 7.02. The van der Waals surface area contributed by atoms with Crippen molar-refractivity contribution in [2.75, 3.05) is 25.6 Å². The minimum Gasteiger partial charge on any atom is -0.495 e. The minimum atomic E-state index is -5.25. The molecule has 1 aromatic heterocycles. The number of ether oxygens (including phenoxy) is 2. The van der Waals surface area contributed by atoms with E-state index in [1.807, 2.05) is 0 Å². The number of anilines is 1.